The number of amides is 2. The van der Waals surface area contributed by atoms with E-state index in [1.54, 1.807) is 25.3 Å². The summed E-state index contributed by atoms with van der Waals surface area (Å²) in [5.74, 6) is -0.142. The van der Waals surface area contributed by atoms with E-state index in [1.807, 2.05) is 19.9 Å². The Morgan fingerprint density at radius 1 is 1.30 bits per heavy atom. The largest absolute Gasteiger partial charge is 0.478 e. The van der Waals surface area contributed by atoms with Gasteiger partial charge in [0.25, 0.3) is 5.91 Å². The standard InChI is InChI=1S/C23H28N4O5S/c1-4-18-23(29)25-17-11-15(3)20(12-19(17)32-18)33(30,31)27-10-6-8-16(13-27)22(28)26-21-14(2)7-5-9-24-21/h5,7,9,11-12,16,18H,4,6,8,10,13H2,1-3H3,(H,25,29)(H,24,26,28)/t16-,18-/m1/s1. The number of nitrogens with one attached hydrogen (secondary N) is 2. The smallest absolute Gasteiger partial charge is 0.265 e. The van der Waals surface area contributed by atoms with Crippen LogP contribution < -0.4 is 15.4 Å². The maximum absolute atomic E-state index is 13.5. The number of benzene rings is 1. The predicted octanol–water partition coefficient (Wildman–Crippen LogP) is 2.85. The van der Waals surface area contributed by atoms with Gasteiger partial charge in [0, 0.05) is 25.4 Å². The van der Waals surface area contributed by atoms with E-state index in [0.29, 0.717) is 48.6 Å². The van der Waals surface area contributed by atoms with Crippen LogP contribution in [0.2, 0.25) is 0 Å². The maximum atomic E-state index is 13.5. The number of piperidine rings is 1. The highest BCUT2D eigenvalue weighted by Crippen LogP contribution is 2.36. The van der Waals surface area contributed by atoms with Crippen molar-refractivity contribution in [1.82, 2.24) is 9.29 Å². The Balaban J connectivity index is 1.55. The number of nitrogens with zero attached hydrogens (tertiary/aromatic N) is 2. The number of pyridine rings is 1. The van der Waals surface area contributed by atoms with E-state index in [4.69, 9.17) is 4.74 Å². The van der Waals surface area contributed by atoms with Crippen molar-refractivity contribution in [3.8, 4) is 5.75 Å². The normalized spacial score (nSPS) is 21.0. The number of rotatable bonds is 5. The van der Waals surface area contributed by atoms with Gasteiger partial charge in [0.15, 0.2) is 6.10 Å². The van der Waals surface area contributed by atoms with Crippen LogP contribution in [0.3, 0.4) is 0 Å². The lowest BCUT2D eigenvalue weighted by molar-refractivity contribution is -0.123. The molecule has 9 nitrogen and oxygen atoms in total. The summed E-state index contributed by atoms with van der Waals surface area (Å²) in [5.41, 5.74) is 1.80. The fourth-order valence-electron chi connectivity index (χ4n) is 4.18. The number of ether oxygens (including phenoxy) is 1. The Kier molecular flexibility index (Phi) is 6.40. The lowest BCUT2D eigenvalue weighted by atomic mass is 9.99. The second-order valence-corrected chi connectivity index (χ2v) is 10.4. The quantitative estimate of drug-likeness (QED) is 0.691. The van der Waals surface area contributed by atoms with E-state index in [1.165, 1.54) is 10.4 Å². The highest BCUT2D eigenvalue weighted by Gasteiger charge is 2.36. The molecule has 1 saturated heterocycles. The molecule has 10 heteroatoms. The number of aromatic nitrogens is 1. The molecule has 3 heterocycles. The minimum atomic E-state index is -3.87. The minimum Gasteiger partial charge on any atom is -0.478 e. The number of anilines is 2. The van der Waals surface area contributed by atoms with Gasteiger partial charge < -0.3 is 15.4 Å². The van der Waals surface area contributed by atoms with Gasteiger partial charge in [0.2, 0.25) is 15.9 Å². The topological polar surface area (TPSA) is 118 Å². The Labute approximate surface area is 193 Å². The maximum Gasteiger partial charge on any atom is 0.265 e. The van der Waals surface area contributed by atoms with E-state index < -0.39 is 22.0 Å². The molecule has 2 aliphatic heterocycles. The molecule has 2 N–H and O–H groups in total. The predicted molar refractivity (Wildman–Crippen MR) is 124 cm³/mol. The first-order chi connectivity index (χ1) is 15.7. The Bertz CT molecular complexity index is 1200. The van der Waals surface area contributed by atoms with Crippen LogP contribution in [0.5, 0.6) is 5.75 Å². The van der Waals surface area contributed by atoms with Crippen molar-refractivity contribution >= 4 is 33.3 Å². The van der Waals surface area contributed by atoms with Crippen molar-refractivity contribution < 1.29 is 22.7 Å². The number of sulfonamides is 1. The van der Waals surface area contributed by atoms with E-state index in [0.717, 1.165) is 5.56 Å². The first-order valence-corrected chi connectivity index (χ1v) is 12.5. The second-order valence-electron chi connectivity index (χ2n) is 8.48. The van der Waals surface area contributed by atoms with Crippen molar-refractivity contribution in [3.63, 3.8) is 0 Å². The number of carbonyl (C=O) groups is 2. The summed E-state index contributed by atoms with van der Waals surface area (Å²) in [6, 6.07) is 6.73. The average Bonchev–Trinajstić information content (AvgIpc) is 2.79. The Morgan fingerprint density at radius 3 is 2.82 bits per heavy atom. The summed E-state index contributed by atoms with van der Waals surface area (Å²) in [4.78, 5) is 29.2. The molecule has 2 aromatic rings. The highest BCUT2D eigenvalue weighted by molar-refractivity contribution is 7.89. The van der Waals surface area contributed by atoms with Crippen molar-refractivity contribution in [2.45, 2.75) is 51.0 Å². The SMILES string of the molecule is CC[C@H]1Oc2cc(S(=O)(=O)N3CCC[C@@H](C(=O)Nc4ncccc4C)C3)c(C)cc2NC1=O. The molecule has 2 aliphatic rings. The fourth-order valence-corrected chi connectivity index (χ4v) is 5.93. The minimum absolute atomic E-state index is 0.0890. The van der Waals surface area contributed by atoms with Gasteiger partial charge in [-0.3, -0.25) is 9.59 Å². The van der Waals surface area contributed by atoms with Crippen LogP contribution in [-0.2, 0) is 19.6 Å². The molecule has 1 aromatic heterocycles. The van der Waals surface area contributed by atoms with Crippen molar-refractivity contribution in [1.29, 1.82) is 0 Å². The summed E-state index contributed by atoms with van der Waals surface area (Å²) in [7, 11) is -3.87. The molecule has 2 atom stereocenters. The molecule has 0 bridgehead atoms. The third-order valence-electron chi connectivity index (χ3n) is 6.09. The van der Waals surface area contributed by atoms with Crippen LogP contribution in [0.25, 0.3) is 0 Å². The molecule has 1 fully saturated rings. The molecule has 176 valence electrons. The molecule has 0 unspecified atom stereocenters. The van der Waals surface area contributed by atoms with E-state index in [-0.39, 0.29) is 23.3 Å². The van der Waals surface area contributed by atoms with Crippen molar-refractivity contribution in [2.24, 2.45) is 5.92 Å². The lowest BCUT2D eigenvalue weighted by Crippen LogP contribution is -2.44. The van der Waals surface area contributed by atoms with Gasteiger partial charge >= 0.3 is 0 Å². The number of carbonyl (C=O) groups excluding carboxylic acids is 2. The molecule has 0 spiro atoms. The number of hydrogen-bond acceptors (Lipinski definition) is 6. The molecule has 4 rings (SSSR count). The van der Waals surface area contributed by atoms with Crippen LogP contribution >= 0.6 is 0 Å². The highest BCUT2D eigenvalue weighted by atomic mass is 32.2. The summed E-state index contributed by atoms with van der Waals surface area (Å²) < 4.78 is 34.2. The summed E-state index contributed by atoms with van der Waals surface area (Å²) in [6.45, 7) is 5.79. The van der Waals surface area contributed by atoms with Crippen LogP contribution in [-0.4, -0.2) is 48.7 Å². The Hall–Kier alpha value is -2.98. The van der Waals surface area contributed by atoms with Gasteiger partial charge in [0.1, 0.15) is 11.6 Å². The molecular formula is C23H28N4O5S. The van der Waals surface area contributed by atoms with Gasteiger partial charge in [0.05, 0.1) is 16.5 Å². The van der Waals surface area contributed by atoms with E-state index in [9.17, 15) is 18.0 Å². The summed E-state index contributed by atoms with van der Waals surface area (Å²) in [6.07, 6.45) is 2.59. The monoisotopic (exact) mass is 472 g/mol. The summed E-state index contributed by atoms with van der Waals surface area (Å²) >= 11 is 0. The molecule has 1 aromatic carbocycles. The first kappa shape index (κ1) is 23.2. The average molecular weight is 473 g/mol. The van der Waals surface area contributed by atoms with Crippen molar-refractivity contribution in [2.75, 3.05) is 23.7 Å². The molecule has 0 aliphatic carbocycles. The van der Waals surface area contributed by atoms with Gasteiger partial charge in [-0.1, -0.05) is 13.0 Å². The lowest BCUT2D eigenvalue weighted by Gasteiger charge is -2.32. The van der Waals surface area contributed by atoms with Gasteiger partial charge in [-0.2, -0.15) is 4.31 Å². The zero-order chi connectivity index (χ0) is 23.8. The van der Waals surface area contributed by atoms with Crippen LogP contribution in [0.4, 0.5) is 11.5 Å². The molecule has 2 amide bonds. The zero-order valence-electron chi connectivity index (χ0n) is 18.9. The summed E-state index contributed by atoms with van der Waals surface area (Å²) in [5, 5.41) is 5.61. The van der Waals surface area contributed by atoms with Gasteiger partial charge in [-0.15, -0.1) is 0 Å². The fraction of sp³-hybridized carbons (Fsp3) is 0.435. The Morgan fingerprint density at radius 2 is 2.09 bits per heavy atom. The zero-order valence-corrected chi connectivity index (χ0v) is 19.7. The van der Waals surface area contributed by atoms with Crippen molar-refractivity contribution in [3.05, 3.63) is 41.6 Å². The van der Waals surface area contributed by atoms with Gasteiger partial charge in [-0.05, 0) is 56.4 Å². The van der Waals surface area contributed by atoms with Crippen LogP contribution in [0.1, 0.15) is 37.3 Å². The molecule has 33 heavy (non-hydrogen) atoms. The third kappa shape index (κ3) is 4.58. The number of fused-ring (bicyclic) bond motifs is 1. The first-order valence-electron chi connectivity index (χ1n) is 11.1. The van der Waals surface area contributed by atoms with Gasteiger partial charge in [-0.25, -0.2) is 13.4 Å². The van der Waals surface area contributed by atoms with Crippen LogP contribution in [0.15, 0.2) is 35.4 Å². The molecular weight excluding hydrogens is 444 g/mol. The van der Waals surface area contributed by atoms with E-state index >= 15 is 0 Å². The molecule has 0 radical (unpaired) electrons. The third-order valence-corrected chi connectivity index (χ3v) is 8.10. The van der Waals surface area contributed by atoms with Crippen LogP contribution in [0, 0.1) is 19.8 Å². The molecule has 0 saturated carbocycles. The number of hydrogen-bond donors (Lipinski definition) is 2. The number of aryl methyl sites for hydroxylation is 2. The second kappa shape index (κ2) is 9.11. The van der Waals surface area contributed by atoms with E-state index in [2.05, 4.69) is 15.6 Å².